The molecule has 0 aliphatic carbocycles. The average Bonchev–Trinajstić information content (AvgIpc) is 2.62. The van der Waals surface area contributed by atoms with Crippen LogP contribution >= 0.6 is 0 Å². The number of carbonyl (C=O) groups is 2. The van der Waals surface area contributed by atoms with Gasteiger partial charge in [-0.15, -0.1) is 0 Å². The maximum absolute atomic E-state index is 13.8. The Morgan fingerprint density at radius 3 is 2.32 bits per heavy atom. The van der Waals surface area contributed by atoms with Crippen LogP contribution in [0.3, 0.4) is 0 Å². The summed E-state index contributed by atoms with van der Waals surface area (Å²) in [5.41, 5.74) is 0.223. The molecule has 28 heavy (non-hydrogen) atoms. The van der Waals surface area contributed by atoms with E-state index in [0.717, 1.165) is 5.56 Å². The Morgan fingerprint density at radius 2 is 1.68 bits per heavy atom. The van der Waals surface area contributed by atoms with Crippen LogP contribution in [-0.4, -0.2) is 30.3 Å². The third-order valence-corrected chi connectivity index (χ3v) is 3.54. The summed E-state index contributed by atoms with van der Waals surface area (Å²) in [7, 11) is 0. The molecule has 0 heterocycles. The molecule has 150 valence electrons. The predicted octanol–water partition coefficient (Wildman–Crippen LogP) is 3.87. The number of hydrogen-bond donors (Lipinski definition) is 2. The maximum atomic E-state index is 13.8. The van der Waals surface area contributed by atoms with Gasteiger partial charge in [0.25, 0.3) is 0 Å². The lowest BCUT2D eigenvalue weighted by Gasteiger charge is -2.23. The fourth-order valence-corrected chi connectivity index (χ4v) is 2.28. The number of anilines is 1. The minimum Gasteiger partial charge on any atom is -0.444 e. The standard InChI is InChI=1S/C21H25FN2O4/c1-21(2,3)28-20(26)24-18(14-27-13-15-9-5-4-6-10-15)19(25)23-17-12-8-7-11-16(17)22/h4-12,18H,13-14H2,1-3H3,(H,23,25)(H,24,26). The number of carbonyl (C=O) groups excluding carboxylic acids is 2. The topological polar surface area (TPSA) is 76.7 Å². The number of hydrogen-bond acceptors (Lipinski definition) is 4. The van der Waals surface area contributed by atoms with Crippen molar-refractivity contribution in [3.05, 3.63) is 66.0 Å². The van der Waals surface area contributed by atoms with Crippen LogP contribution in [0.15, 0.2) is 54.6 Å². The quantitative estimate of drug-likeness (QED) is 0.755. The highest BCUT2D eigenvalue weighted by Crippen LogP contribution is 2.13. The summed E-state index contributed by atoms with van der Waals surface area (Å²) < 4.78 is 24.6. The van der Waals surface area contributed by atoms with E-state index in [2.05, 4.69) is 10.6 Å². The number of benzene rings is 2. The molecule has 0 saturated heterocycles. The van der Waals surface area contributed by atoms with E-state index < -0.39 is 29.5 Å². The van der Waals surface area contributed by atoms with Crippen molar-refractivity contribution in [2.24, 2.45) is 0 Å². The van der Waals surface area contributed by atoms with Gasteiger partial charge in [-0.2, -0.15) is 0 Å². The number of nitrogens with one attached hydrogen (secondary N) is 2. The normalized spacial score (nSPS) is 12.1. The fraction of sp³-hybridized carbons (Fsp3) is 0.333. The number of amides is 2. The van der Waals surface area contributed by atoms with E-state index in [0.29, 0.717) is 0 Å². The van der Waals surface area contributed by atoms with Gasteiger partial charge in [0.05, 0.1) is 18.9 Å². The predicted molar refractivity (Wildman–Crippen MR) is 104 cm³/mol. The van der Waals surface area contributed by atoms with E-state index in [9.17, 15) is 14.0 Å². The number of halogens is 1. The van der Waals surface area contributed by atoms with Gasteiger partial charge in [0.15, 0.2) is 0 Å². The average molecular weight is 388 g/mol. The van der Waals surface area contributed by atoms with Gasteiger partial charge in [-0.05, 0) is 38.5 Å². The van der Waals surface area contributed by atoms with E-state index in [-0.39, 0.29) is 18.9 Å². The fourth-order valence-electron chi connectivity index (χ4n) is 2.28. The molecule has 2 rings (SSSR count). The van der Waals surface area contributed by atoms with Crippen molar-refractivity contribution in [2.45, 2.75) is 39.0 Å². The Kier molecular flexibility index (Phi) is 7.52. The monoisotopic (exact) mass is 388 g/mol. The molecule has 0 aromatic heterocycles. The lowest BCUT2D eigenvalue weighted by Crippen LogP contribution is -2.48. The van der Waals surface area contributed by atoms with Gasteiger partial charge < -0.3 is 20.1 Å². The van der Waals surface area contributed by atoms with Crippen molar-refractivity contribution in [2.75, 3.05) is 11.9 Å². The molecule has 1 atom stereocenters. The number of rotatable bonds is 7. The minimum atomic E-state index is -1.06. The summed E-state index contributed by atoms with van der Waals surface area (Å²) in [5.74, 6) is -1.18. The smallest absolute Gasteiger partial charge is 0.408 e. The first kappa shape index (κ1) is 21.4. The van der Waals surface area contributed by atoms with E-state index >= 15 is 0 Å². The molecule has 0 aliphatic heterocycles. The second-order valence-electron chi connectivity index (χ2n) is 7.17. The number of ether oxygens (including phenoxy) is 2. The molecule has 0 aliphatic rings. The summed E-state index contributed by atoms with van der Waals surface area (Å²) in [5, 5.41) is 4.94. The zero-order valence-electron chi connectivity index (χ0n) is 16.2. The third kappa shape index (κ3) is 7.36. The van der Waals surface area contributed by atoms with Crippen LogP contribution in [-0.2, 0) is 20.9 Å². The first-order chi connectivity index (χ1) is 13.2. The first-order valence-corrected chi connectivity index (χ1v) is 8.91. The van der Waals surface area contributed by atoms with Crippen LogP contribution in [0.2, 0.25) is 0 Å². The summed E-state index contributed by atoms with van der Waals surface area (Å²) in [6.45, 7) is 5.31. The van der Waals surface area contributed by atoms with Crippen molar-refractivity contribution < 1.29 is 23.5 Å². The van der Waals surface area contributed by atoms with Crippen LogP contribution in [0.5, 0.6) is 0 Å². The first-order valence-electron chi connectivity index (χ1n) is 8.91. The number of alkyl carbamates (subject to hydrolysis) is 1. The molecule has 7 heteroatoms. The minimum absolute atomic E-state index is 0.0200. The van der Waals surface area contributed by atoms with Crippen LogP contribution in [0.4, 0.5) is 14.9 Å². The zero-order chi connectivity index (χ0) is 20.6. The molecule has 0 spiro atoms. The van der Waals surface area contributed by atoms with Crippen molar-refractivity contribution in [3.8, 4) is 0 Å². The second-order valence-corrected chi connectivity index (χ2v) is 7.17. The highest BCUT2D eigenvalue weighted by Gasteiger charge is 2.25. The van der Waals surface area contributed by atoms with E-state index in [1.807, 2.05) is 30.3 Å². The molecule has 2 aromatic carbocycles. The summed E-state index contributed by atoms with van der Waals surface area (Å²) in [4.78, 5) is 24.7. The van der Waals surface area contributed by atoms with Gasteiger partial charge in [0, 0.05) is 0 Å². The Labute approximate surface area is 164 Å². The highest BCUT2D eigenvalue weighted by atomic mass is 19.1. The Morgan fingerprint density at radius 1 is 1.04 bits per heavy atom. The van der Waals surface area contributed by atoms with E-state index in [4.69, 9.17) is 9.47 Å². The van der Waals surface area contributed by atoms with Gasteiger partial charge in [0.1, 0.15) is 17.5 Å². The van der Waals surface area contributed by atoms with Crippen molar-refractivity contribution in [3.63, 3.8) is 0 Å². The second kappa shape index (κ2) is 9.85. The molecule has 1 unspecified atom stereocenters. The molecular formula is C21H25FN2O4. The molecule has 6 nitrogen and oxygen atoms in total. The van der Waals surface area contributed by atoms with E-state index in [1.54, 1.807) is 26.8 Å². The Bertz CT molecular complexity index is 790. The molecule has 0 bridgehead atoms. The summed E-state index contributed by atoms with van der Waals surface area (Å²) in [6.07, 6.45) is -0.760. The van der Waals surface area contributed by atoms with Crippen LogP contribution in [0, 0.1) is 5.82 Å². The van der Waals surface area contributed by atoms with Crippen molar-refractivity contribution in [1.29, 1.82) is 0 Å². The van der Waals surface area contributed by atoms with Gasteiger partial charge in [-0.25, -0.2) is 9.18 Å². The maximum Gasteiger partial charge on any atom is 0.408 e. The van der Waals surface area contributed by atoms with Gasteiger partial charge in [-0.1, -0.05) is 42.5 Å². The summed E-state index contributed by atoms with van der Waals surface area (Å²) in [6, 6.07) is 14.1. The highest BCUT2D eigenvalue weighted by molar-refractivity contribution is 5.96. The lowest BCUT2D eigenvalue weighted by atomic mass is 10.2. The third-order valence-electron chi connectivity index (χ3n) is 3.54. The Balaban J connectivity index is 2.02. The number of para-hydroxylation sites is 1. The lowest BCUT2D eigenvalue weighted by molar-refractivity contribution is -0.119. The van der Waals surface area contributed by atoms with Crippen LogP contribution in [0.25, 0.3) is 0 Å². The largest absolute Gasteiger partial charge is 0.444 e. The molecule has 0 radical (unpaired) electrons. The van der Waals surface area contributed by atoms with Crippen LogP contribution in [0.1, 0.15) is 26.3 Å². The molecule has 0 saturated carbocycles. The van der Waals surface area contributed by atoms with Crippen molar-refractivity contribution >= 4 is 17.7 Å². The molecular weight excluding hydrogens is 363 g/mol. The van der Waals surface area contributed by atoms with E-state index in [1.165, 1.54) is 18.2 Å². The van der Waals surface area contributed by atoms with Gasteiger partial charge in [-0.3, -0.25) is 4.79 Å². The van der Waals surface area contributed by atoms with Crippen LogP contribution < -0.4 is 10.6 Å². The van der Waals surface area contributed by atoms with Crippen molar-refractivity contribution in [1.82, 2.24) is 5.32 Å². The molecule has 2 aromatic rings. The zero-order valence-corrected chi connectivity index (χ0v) is 16.2. The Hall–Kier alpha value is -2.93. The van der Waals surface area contributed by atoms with Gasteiger partial charge in [0.2, 0.25) is 5.91 Å². The summed E-state index contributed by atoms with van der Waals surface area (Å²) >= 11 is 0. The molecule has 2 N–H and O–H groups in total. The SMILES string of the molecule is CC(C)(C)OC(=O)NC(COCc1ccccc1)C(=O)Nc1ccccc1F. The molecule has 2 amide bonds. The molecule has 0 fully saturated rings. The van der Waals surface area contributed by atoms with Gasteiger partial charge >= 0.3 is 6.09 Å².